The van der Waals surface area contributed by atoms with E-state index in [4.69, 9.17) is 5.26 Å². The second-order valence-electron chi connectivity index (χ2n) is 6.51. The molecule has 1 aromatic rings. The van der Waals surface area contributed by atoms with Crippen LogP contribution in [0.4, 0.5) is 0 Å². The van der Waals surface area contributed by atoms with Crippen LogP contribution in [0, 0.1) is 18.3 Å². The number of nitriles is 1. The van der Waals surface area contributed by atoms with Gasteiger partial charge in [0.05, 0.1) is 11.6 Å². The molecule has 23 heavy (non-hydrogen) atoms. The fraction of sp³-hybridized carbons (Fsp3) is 0.682. The molecule has 0 saturated carbocycles. The number of hydrogen-bond acceptors (Lipinski definition) is 1. The summed E-state index contributed by atoms with van der Waals surface area (Å²) >= 11 is 0. The zero-order valence-electron chi connectivity index (χ0n) is 15.7. The first-order valence-electron chi connectivity index (χ1n) is 9.71. The zero-order chi connectivity index (χ0) is 17.2. The Balaban J connectivity index is 0.000000459. The van der Waals surface area contributed by atoms with Crippen LogP contribution in [0.3, 0.4) is 0 Å². The topological polar surface area (TPSA) is 23.8 Å². The van der Waals surface area contributed by atoms with Crippen molar-refractivity contribution < 1.29 is 0 Å². The third-order valence-corrected chi connectivity index (χ3v) is 4.14. The summed E-state index contributed by atoms with van der Waals surface area (Å²) in [5.41, 5.74) is 1.91. The van der Waals surface area contributed by atoms with Crippen LogP contribution in [0.5, 0.6) is 0 Å². The Labute approximate surface area is 145 Å². The molecule has 0 aliphatic rings. The zero-order valence-corrected chi connectivity index (χ0v) is 15.7. The van der Waals surface area contributed by atoms with Gasteiger partial charge >= 0.3 is 0 Å². The van der Waals surface area contributed by atoms with Gasteiger partial charge in [-0.25, -0.2) is 0 Å². The number of unbranched alkanes of at least 4 members (excludes halogenated alkanes) is 11. The molecule has 0 N–H and O–H groups in total. The molecule has 0 aliphatic carbocycles. The summed E-state index contributed by atoms with van der Waals surface area (Å²) in [6, 6.07) is 9.54. The van der Waals surface area contributed by atoms with E-state index in [0.717, 1.165) is 5.56 Å². The lowest BCUT2D eigenvalue weighted by Crippen LogP contribution is -1.81. The molecule has 1 nitrogen and oxygen atoms in total. The third kappa shape index (κ3) is 15.4. The van der Waals surface area contributed by atoms with Crippen LogP contribution in [-0.2, 0) is 0 Å². The molecular formula is C22H37N. The summed E-state index contributed by atoms with van der Waals surface area (Å²) in [6.07, 6.45) is 17.4. The van der Waals surface area contributed by atoms with Gasteiger partial charge in [0.25, 0.3) is 0 Å². The number of rotatable bonds is 11. The first kappa shape index (κ1) is 21.7. The average Bonchev–Trinajstić information content (AvgIpc) is 2.58. The van der Waals surface area contributed by atoms with E-state index in [2.05, 4.69) is 19.9 Å². The fourth-order valence-electron chi connectivity index (χ4n) is 2.54. The predicted octanol–water partition coefficient (Wildman–Crippen LogP) is 7.57. The summed E-state index contributed by atoms with van der Waals surface area (Å²) in [5, 5.41) is 8.38. The van der Waals surface area contributed by atoms with Crippen molar-refractivity contribution in [2.45, 2.75) is 97.8 Å². The van der Waals surface area contributed by atoms with Crippen LogP contribution in [0.1, 0.15) is 102 Å². The van der Waals surface area contributed by atoms with Gasteiger partial charge in [0.1, 0.15) is 0 Å². The van der Waals surface area contributed by atoms with Crippen LogP contribution < -0.4 is 0 Å². The summed E-state index contributed by atoms with van der Waals surface area (Å²) in [6.45, 7) is 6.57. The van der Waals surface area contributed by atoms with Crippen LogP contribution in [0.2, 0.25) is 0 Å². The van der Waals surface area contributed by atoms with Crippen molar-refractivity contribution in [1.82, 2.24) is 0 Å². The molecule has 1 heteroatoms. The molecule has 0 spiro atoms. The lowest BCUT2D eigenvalue weighted by Gasteiger charge is -2.01. The summed E-state index contributed by atoms with van der Waals surface area (Å²) in [5.74, 6) is 0. The van der Waals surface area contributed by atoms with Crippen LogP contribution in [-0.4, -0.2) is 0 Å². The number of hydrogen-bond donors (Lipinski definition) is 0. The van der Waals surface area contributed by atoms with Crippen molar-refractivity contribution in [1.29, 1.82) is 5.26 Å². The largest absolute Gasteiger partial charge is 0.192 e. The van der Waals surface area contributed by atoms with E-state index in [-0.39, 0.29) is 0 Å². The first-order valence-corrected chi connectivity index (χ1v) is 9.71. The Hall–Kier alpha value is -1.29. The molecule has 1 aromatic carbocycles. The quantitative estimate of drug-likeness (QED) is 0.386. The van der Waals surface area contributed by atoms with Gasteiger partial charge in [-0.3, -0.25) is 0 Å². The van der Waals surface area contributed by atoms with E-state index in [0.29, 0.717) is 0 Å². The molecule has 1 rings (SSSR count). The van der Waals surface area contributed by atoms with E-state index in [1.165, 1.54) is 82.6 Å². The molecule has 0 aliphatic heterocycles. The molecule has 130 valence electrons. The second-order valence-corrected chi connectivity index (χ2v) is 6.51. The normalized spacial score (nSPS) is 9.83. The van der Waals surface area contributed by atoms with Crippen molar-refractivity contribution in [3.8, 4) is 6.07 Å². The van der Waals surface area contributed by atoms with E-state index < -0.39 is 0 Å². The van der Waals surface area contributed by atoms with Crippen LogP contribution >= 0.6 is 0 Å². The number of benzene rings is 1. The summed E-state index contributed by atoms with van der Waals surface area (Å²) in [7, 11) is 0. The van der Waals surface area contributed by atoms with Gasteiger partial charge in [-0.05, 0) is 19.1 Å². The molecule has 0 bridgehead atoms. The van der Waals surface area contributed by atoms with Crippen molar-refractivity contribution >= 4 is 0 Å². The molecule has 0 saturated heterocycles. The highest BCUT2D eigenvalue weighted by atomic mass is 14.2. The molecular weight excluding hydrogens is 278 g/mol. The Kier molecular flexibility index (Phi) is 16.1. The Morgan fingerprint density at radius 1 is 0.652 bits per heavy atom. The van der Waals surface area contributed by atoms with E-state index in [9.17, 15) is 0 Å². The summed E-state index contributed by atoms with van der Waals surface area (Å²) < 4.78 is 0. The van der Waals surface area contributed by atoms with E-state index in [1.54, 1.807) is 0 Å². The maximum atomic E-state index is 8.38. The lowest BCUT2D eigenvalue weighted by molar-refractivity contribution is 0.548. The fourth-order valence-corrected chi connectivity index (χ4v) is 2.54. The van der Waals surface area contributed by atoms with Gasteiger partial charge in [0, 0.05) is 0 Å². The van der Waals surface area contributed by atoms with E-state index >= 15 is 0 Å². The van der Waals surface area contributed by atoms with Crippen molar-refractivity contribution in [2.24, 2.45) is 0 Å². The maximum absolute atomic E-state index is 8.38. The molecule has 0 heterocycles. The highest BCUT2D eigenvalue weighted by molar-refractivity contribution is 5.30. The molecule has 0 radical (unpaired) electrons. The van der Waals surface area contributed by atoms with Crippen molar-refractivity contribution in [3.63, 3.8) is 0 Å². The van der Waals surface area contributed by atoms with Gasteiger partial charge < -0.3 is 0 Å². The third-order valence-electron chi connectivity index (χ3n) is 4.14. The lowest BCUT2D eigenvalue weighted by atomic mass is 10.1. The molecule has 0 atom stereocenters. The van der Waals surface area contributed by atoms with Gasteiger partial charge in [0.2, 0.25) is 0 Å². The Morgan fingerprint density at radius 2 is 1.00 bits per heavy atom. The maximum Gasteiger partial charge on any atom is 0.0991 e. The summed E-state index contributed by atoms with van der Waals surface area (Å²) in [4.78, 5) is 0. The van der Waals surface area contributed by atoms with Gasteiger partial charge in [0.15, 0.2) is 0 Å². The van der Waals surface area contributed by atoms with Gasteiger partial charge in [-0.2, -0.15) is 5.26 Å². The SMILES string of the molecule is CCCCCCCCCCCCCC.Cc1ccc(C#N)cc1. The highest BCUT2D eigenvalue weighted by Gasteiger charge is 1.91. The standard InChI is InChI=1S/C14H30.C8H7N/c1-3-5-7-9-11-13-14-12-10-8-6-4-2;1-7-2-4-8(6-9)5-3-7/h3-14H2,1-2H3;2-5H,1H3. The predicted molar refractivity (Wildman–Crippen MR) is 103 cm³/mol. The van der Waals surface area contributed by atoms with Gasteiger partial charge in [-0.1, -0.05) is 109 Å². The smallest absolute Gasteiger partial charge is 0.0991 e. The highest BCUT2D eigenvalue weighted by Crippen LogP contribution is 2.11. The second kappa shape index (κ2) is 17.1. The minimum Gasteiger partial charge on any atom is -0.192 e. The number of nitrogens with zero attached hydrogens (tertiary/aromatic N) is 1. The Bertz CT molecular complexity index is 373. The number of aryl methyl sites for hydroxylation is 1. The van der Waals surface area contributed by atoms with E-state index in [1.807, 2.05) is 31.2 Å². The van der Waals surface area contributed by atoms with Crippen molar-refractivity contribution in [3.05, 3.63) is 35.4 Å². The molecule has 0 amide bonds. The average molecular weight is 316 g/mol. The molecule has 0 fully saturated rings. The Morgan fingerprint density at radius 3 is 1.30 bits per heavy atom. The molecule has 0 unspecified atom stereocenters. The minimum atomic E-state index is 0.723. The van der Waals surface area contributed by atoms with Crippen LogP contribution in [0.25, 0.3) is 0 Å². The monoisotopic (exact) mass is 315 g/mol. The first-order chi connectivity index (χ1) is 11.2. The van der Waals surface area contributed by atoms with Crippen molar-refractivity contribution in [2.75, 3.05) is 0 Å². The minimum absolute atomic E-state index is 0.723. The molecule has 0 aromatic heterocycles. The van der Waals surface area contributed by atoms with Gasteiger partial charge in [-0.15, -0.1) is 0 Å². The van der Waals surface area contributed by atoms with Crippen LogP contribution in [0.15, 0.2) is 24.3 Å².